The van der Waals surface area contributed by atoms with Crippen LogP contribution in [-0.4, -0.2) is 88.3 Å². The summed E-state index contributed by atoms with van der Waals surface area (Å²) in [5, 5.41) is 14.9. The Morgan fingerprint density at radius 1 is 0.943 bits per heavy atom. The highest BCUT2D eigenvalue weighted by Gasteiger charge is 2.30. The molecule has 4 aromatic rings. The van der Waals surface area contributed by atoms with Gasteiger partial charge in [0.15, 0.2) is 17.3 Å². The van der Waals surface area contributed by atoms with Crippen molar-refractivity contribution in [3.05, 3.63) is 77.1 Å². The lowest BCUT2D eigenvalue weighted by Crippen LogP contribution is -2.36. The smallest absolute Gasteiger partial charge is 0.320 e. The molecule has 0 fully saturated rings. The zero-order chi connectivity index (χ0) is 38.0. The second-order valence-corrected chi connectivity index (χ2v) is 14.7. The van der Waals surface area contributed by atoms with Crippen molar-refractivity contribution < 1.29 is 23.8 Å². The minimum atomic E-state index is -0.403. The third kappa shape index (κ3) is 10.4. The summed E-state index contributed by atoms with van der Waals surface area (Å²) in [4.78, 5) is 38.2. The van der Waals surface area contributed by atoms with Crippen molar-refractivity contribution in [2.24, 2.45) is 0 Å². The van der Waals surface area contributed by atoms with Crippen LogP contribution >= 0.6 is 0 Å². The molecular weight excluding hydrogens is 672 g/mol. The Hall–Kier alpha value is -4.46. The molecule has 13 nitrogen and oxygen atoms in total. The first kappa shape index (κ1) is 39.7. The first-order valence-electron chi connectivity index (χ1n) is 18.8. The number of pyridine rings is 1. The molecule has 0 saturated heterocycles. The van der Waals surface area contributed by atoms with Crippen LogP contribution in [0.15, 0.2) is 48.7 Å². The molecule has 13 heteroatoms. The number of benzene rings is 1. The van der Waals surface area contributed by atoms with E-state index in [1.165, 1.54) is 0 Å². The van der Waals surface area contributed by atoms with Crippen molar-refractivity contribution in [2.75, 3.05) is 52.4 Å². The summed E-state index contributed by atoms with van der Waals surface area (Å²) in [6.07, 6.45) is 6.07. The summed E-state index contributed by atoms with van der Waals surface area (Å²) in [6.45, 7) is 13.8. The molecule has 286 valence electrons. The number of hydrogen-bond donors (Lipinski definition) is 2. The number of carbonyl (C=O) groups is 2. The molecule has 2 amide bonds. The van der Waals surface area contributed by atoms with E-state index < -0.39 is 6.03 Å². The van der Waals surface area contributed by atoms with Crippen molar-refractivity contribution in [3.63, 3.8) is 0 Å². The largest absolute Gasteiger partial charge is 0.484 e. The molecule has 0 aliphatic heterocycles. The number of ketones is 1. The SMILES string of the molecule is CCC(CC)c1nnc2ccc(O[C@@H]3CC[C@H](NC(=O)Nc4cc(C(C)(C)C)nc(C(=O)CCCN(CCOC)CCOC)n4)c4ccccc43)cn12. The van der Waals surface area contributed by atoms with E-state index in [0.29, 0.717) is 44.1 Å². The lowest BCUT2D eigenvalue weighted by molar-refractivity contribution is 0.0945. The van der Waals surface area contributed by atoms with Crippen molar-refractivity contribution >= 4 is 23.3 Å². The van der Waals surface area contributed by atoms with Gasteiger partial charge in [0.2, 0.25) is 0 Å². The van der Waals surface area contributed by atoms with Crippen LogP contribution in [0.2, 0.25) is 0 Å². The van der Waals surface area contributed by atoms with Crippen molar-refractivity contribution in [1.82, 2.24) is 34.8 Å². The molecule has 0 spiro atoms. The number of ether oxygens (including phenoxy) is 3. The van der Waals surface area contributed by atoms with E-state index in [9.17, 15) is 9.59 Å². The zero-order valence-corrected chi connectivity index (χ0v) is 32.4. The Bertz CT molecular complexity index is 1810. The Morgan fingerprint density at radius 2 is 1.66 bits per heavy atom. The van der Waals surface area contributed by atoms with Gasteiger partial charge in [-0.3, -0.25) is 19.4 Å². The normalized spacial score (nSPS) is 15.9. The number of hydrogen-bond acceptors (Lipinski definition) is 10. The quantitative estimate of drug-likeness (QED) is 0.102. The molecule has 3 aromatic heterocycles. The molecule has 2 atom stereocenters. The van der Waals surface area contributed by atoms with Gasteiger partial charge >= 0.3 is 6.03 Å². The first-order chi connectivity index (χ1) is 25.5. The van der Waals surface area contributed by atoms with Crippen molar-refractivity contribution in [3.8, 4) is 5.75 Å². The average molecular weight is 729 g/mol. The van der Waals surface area contributed by atoms with Crippen molar-refractivity contribution in [1.29, 1.82) is 0 Å². The monoisotopic (exact) mass is 728 g/mol. The number of carbonyl (C=O) groups excluding carboxylic acids is 2. The van der Waals surface area contributed by atoms with E-state index in [2.05, 4.69) is 55.6 Å². The molecule has 0 radical (unpaired) electrons. The highest BCUT2D eigenvalue weighted by Crippen LogP contribution is 2.39. The van der Waals surface area contributed by atoms with E-state index in [-0.39, 0.29) is 41.4 Å². The number of anilines is 1. The van der Waals surface area contributed by atoms with E-state index in [4.69, 9.17) is 14.2 Å². The minimum Gasteiger partial charge on any atom is -0.484 e. The van der Waals surface area contributed by atoms with Gasteiger partial charge in [0.05, 0.1) is 31.1 Å². The standard InChI is InChI=1S/C40H56N8O5/c1-8-27(9-2)38-46-45-36-19-16-28(26-48(36)38)53-33-18-17-31(29-13-10-11-14-30(29)33)41-39(50)44-35-25-34(40(3,4)5)42-37(43-35)32(49)15-12-20-47(21-23-51-6)22-24-52-7/h10-11,13-14,16,19,25-27,31,33H,8-9,12,15,17-18,20-24H2,1-7H3,(H2,41,42,43,44,50)/t31-,33+/m0/s1. The second kappa shape index (κ2) is 18.5. The fourth-order valence-electron chi connectivity index (χ4n) is 6.76. The number of Topliss-reactive ketones (excluding diaryl/α,β-unsaturated/α-hetero) is 1. The molecule has 1 aliphatic carbocycles. The topological polar surface area (TPSA) is 145 Å². The van der Waals surface area contributed by atoms with Crippen LogP contribution in [-0.2, 0) is 14.9 Å². The molecule has 2 N–H and O–H groups in total. The third-order valence-electron chi connectivity index (χ3n) is 9.86. The van der Waals surface area contributed by atoms with Crippen LogP contribution in [0.3, 0.4) is 0 Å². The minimum absolute atomic E-state index is 0.104. The number of nitrogens with zero attached hydrogens (tertiary/aromatic N) is 6. The summed E-state index contributed by atoms with van der Waals surface area (Å²) < 4.78 is 19.1. The number of nitrogens with one attached hydrogen (secondary N) is 2. The predicted molar refractivity (Wildman–Crippen MR) is 205 cm³/mol. The van der Waals surface area contributed by atoms with Crippen LogP contribution in [0.5, 0.6) is 5.75 Å². The predicted octanol–water partition coefficient (Wildman–Crippen LogP) is 7.05. The zero-order valence-electron chi connectivity index (χ0n) is 32.4. The number of urea groups is 1. The van der Waals surface area contributed by atoms with Crippen LogP contribution in [0.1, 0.15) is 124 Å². The molecule has 0 saturated carbocycles. The van der Waals surface area contributed by atoms with Crippen molar-refractivity contribution in [2.45, 2.75) is 96.6 Å². The Balaban J connectivity index is 1.26. The van der Waals surface area contributed by atoms with Crippen LogP contribution in [0, 0.1) is 0 Å². The number of amides is 2. The first-order valence-corrected chi connectivity index (χ1v) is 18.8. The molecule has 0 unspecified atom stereocenters. The van der Waals surface area contributed by atoms with E-state index >= 15 is 0 Å². The number of methoxy groups -OCH3 is 2. The molecule has 3 heterocycles. The second-order valence-electron chi connectivity index (χ2n) is 14.7. The maximum atomic E-state index is 13.5. The van der Waals surface area contributed by atoms with Gasteiger partial charge in [-0.05, 0) is 61.9 Å². The van der Waals surface area contributed by atoms with Gasteiger partial charge in [0.1, 0.15) is 23.5 Å². The number of aromatic nitrogens is 5. The Morgan fingerprint density at radius 3 is 2.34 bits per heavy atom. The number of rotatable bonds is 18. The maximum Gasteiger partial charge on any atom is 0.320 e. The highest BCUT2D eigenvalue weighted by molar-refractivity contribution is 5.94. The molecule has 1 aromatic carbocycles. The van der Waals surface area contributed by atoms with Gasteiger partial charge in [-0.2, -0.15) is 0 Å². The molecule has 53 heavy (non-hydrogen) atoms. The summed E-state index contributed by atoms with van der Waals surface area (Å²) in [7, 11) is 3.35. The van der Waals surface area contributed by atoms with Crippen LogP contribution < -0.4 is 15.4 Å². The molecule has 0 bridgehead atoms. The van der Waals surface area contributed by atoms with Gasteiger partial charge in [-0.15, -0.1) is 10.2 Å². The van der Waals surface area contributed by atoms with Gasteiger partial charge in [-0.1, -0.05) is 58.9 Å². The van der Waals surface area contributed by atoms with Crippen LogP contribution in [0.25, 0.3) is 5.65 Å². The van der Waals surface area contributed by atoms with Gasteiger partial charge < -0.3 is 19.5 Å². The fraction of sp³-hybridized carbons (Fsp3) is 0.550. The summed E-state index contributed by atoms with van der Waals surface area (Å²) in [6, 6.07) is 13.1. The molecular formula is C40H56N8O5. The molecule has 5 rings (SSSR count). The molecule has 1 aliphatic rings. The van der Waals surface area contributed by atoms with Gasteiger partial charge in [-0.25, -0.2) is 14.8 Å². The summed E-state index contributed by atoms with van der Waals surface area (Å²) in [5.74, 6) is 2.24. The number of fused-ring (bicyclic) bond motifs is 2. The summed E-state index contributed by atoms with van der Waals surface area (Å²) in [5.41, 5.74) is 3.13. The Kier molecular flexibility index (Phi) is 13.9. The van der Waals surface area contributed by atoms with Gasteiger partial charge in [0.25, 0.3) is 0 Å². The van der Waals surface area contributed by atoms with E-state index in [1.807, 2.05) is 61.7 Å². The maximum absolute atomic E-state index is 13.5. The average Bonchev–Trinajstić information content (AvgIpc) is 3.56. The lowest BCUT2D eigenvalue weighted by Gasteiger charge is -2.32. The lowest BCUT2D eigenvalue weighted by atomic mass is 9.85. The summed E-state index contributed by atoms with van der Waals surface area (Å²) >= 11 is 0. The van der Waals surface area contributed by atoms with Gasteiger partial charge in [0, 0.05) is 51.1 Å². The Labute approximate surface area is 313 Å². The van der Waals surface area contributed by atoms with E-state index in [0.717, 1.165) is 60.8 Å². The van der Waals surface area contributed by atoms with E-state index in [1.54, 1.807) is 20.3 Å². The van der Waals surface area contributed by atoms with Crippen LogP contribution in [0.4, 0.5) is 10.6 Å². The third-order valence-corrected chi connectivity index (χ3v) is 9.86. The highest BCUT2D eigenvalue weighted by atomic mass is 16.5. The fourth-order valence-corrected chi connectivity index (χ4v) is 6.76.